The van der Waals surface area contributed by atoms with Crippen molar-refractivity contribution in [3.05, 3.63) is 35.9 Å². The maximum atomic E-state index is 11.7. The highest BCUT2D eigenvalue weighted by Gasteiger charge is 2.27. The molecular weight excluding hydrogens is 238 g/mol. The average Bonchev–Trinajstić information content (AvgIpc) is 3.22. The van der Waals surface area contributed by atoms with Gasteiger partial charge >= 0.3 is 0 Å². The number of carbonyl (C=O) groups excluding carboxylic acids is 1. The van der Waals surface area contributed by atoms with Crippen LogP contribution in [0.4, 0.5) is 0 Å². The molecule has 2 N–H and O–H groups in total. The molecule has 19 heavy (non-hydrogen) atoms. The number of nitrogens with one attached hydrogen (secondary N) is 1. The van der Waals surface area contributed by atoms with E-state index in [1.165, 1.54) is 18.4 Å². The minimum absolute atomic E-state index is 0.0750. The number of rotatable bonds is 7. The van der Waals surface area contributed by atoms with Crippen LogP contribution >= 0.6 is 0 Å². The van der Waals surface area contributed by atoms with Gasteiger partial charge in [-0.25, -0.2) is 0 Å². The first-order valence-electron chi connectivity index (χ1n) is 7.03. The van der Waals surface area contributed by atoms with Crippen molar-refractivity contribution < 1.29 is 9.90 Å². The summed E-state index contributed by atoms with van der Waals surface area (Å²) < 4.78 is 0. The van der Waals surface area contributed by atoms with Gasteiger partial charge in [0, 0.05) is 18.4 Å². The molecule has 0 heterocycles. The van der Waals surface area contributed by atoms with Crippen molar-refractivity contribution in [3.63, 3.8) is 0 Å². The fraction of sp³-hybridized carbons (Fsp3) is 0.562. The number of hydrogen-bond donors (Lipinski definition) is 2. The van der Waals surface area contributed by atoms with E-state index in [-0.39, 0.29) is 17.9 Å². The number of benzene rings is 1. The lowest BCUT2D eigenvalue weighted by atomic mass is 9.84. The molecule has 1 aliphatic carbocycles. The molecule has 1 amide bonds. The van der Waals surface area contributed by atoms with Crippen molar-refractivity contribution >= 4 is 5.91 Å². The monoisotopic (exact) mass is 261 g/mol. The summed E-state index contributed by atoms with van der Waals surface area (Å²) in [6.07, 6.45) is 3.80. The van der Waals surface area contributed by atoms with Gasteiger partial charge in [-0.3, -0.25) is 4.79 Å². The third kappa shape index (κ3) is 4.67. The molecular formula is C16H23NO2. The molecule has 0 spiro atoms. The zero-order valence-corrected chi connectivity index (χ0v) is 11.6. The van der Waals surface area contributed by atoms with E-state index in [4.69, 9.17) is 0 Å². The highest BCUT2D eigenvalue weighted by atomic mass is 16.3. The topological polar surface area (TPSA) is 49.3 Å². The van der Waals surface area contributed by atoms with Gasteiger partial charge in [-0.2, -0.15) is 0 Å². The second-order valence-electron chi connectivity index (χ2n) is 6.06. The van der Waals surface area contributed by atoms with Crippen molar-refractivity contribution in [3.8, 4) is 0 Å². The van der Waals surface area contributed by atoms with Gasteiger partial charge in [0.2, 0.25) is 5.91 Å². The van der Waals surface area contributed by atoms with Crippen LogP contribution in [0.15, 0.2) is 30.3 Å². The van der Waals surface area contributed by atoms with Crippen molar-refractivity contribution in [2.24, 2.45) is 11.3 Å². The number of aliphatic hydroxyl groups excluding tert-OH is 1. The maximum Gasteiger partial charge on any atom is 0.220 e. The summed E-state index contributed by atoms with van der Waals surface area (Å²) in [5.41, 5.74) is 0.899. The van der Waals surface area contributed by atoms with E-state index >= 15 is 0 Å². The van der Waals surface area contributed by atoms with E-state index < -0.39 is 0 Å². The van der Waals surface area contributed by atoms with Gasteiger partial charge in [0.15, 0.2) is 0 Å². The molecule has 1 saturated carbocycles. The van der Waals surface area contributed by atoms with Gasteiger partial charge in [0.05, 0.1) is 6.61 Å². The first-order valence-corrected chi connectivity index (χ1v) is 7.03. The summed E-state index contributed by atoms with van der Waals surface area (Å²) in [4.78, 5) is 11.7. The van der Waals surface area contributed by atoms with Gasteiger partial charge in [0.25, 0.3) is 0 Å². The van der Waals surface area contributed by atoms with Gasteiger partial charge < -0.3 is 10.4 Å². The quantitative estimate of drug-likeness (QED) is 0.790. The third-order valence-electron chi connectivity index (χ3n) is 3.74. The minimum atomic E-state index is -0.291. The summed E-state index contributed by atoms with van der Waals surface area (Å²) >= 11 is 0. The fourth-order valence-electron chi connectivity index (χ4n) is 2.23. The van der Waals surface area contributed by atoms with Crippen LogP contribution in [-0.2, 0) is 11.2 Å². The maximum absolute atomic E-state index is 11.7. The molecule has 1 aromatic rings. The minimum Gasteiger partial charge on any atom is -0.396 e. The first kappa shape index (κ1) is 14.1. The van der Waals surface area contributed by atoms with Crippen LogP contribution in [0.2, 0.25) is 0 Å². The number of hydrogen-bond acceptors (Lipinski definition) is 2. The molecule has 3 nitrogen and oxygen atoms in total. The van der Waals surface area contributed by atoms with Crippen molar-refractivity contribution in [1.82, 2.24) is 5.32 Å². The molecule has 2 rings (SSSR count). The number of aliphatic hydroxyl groups is 1. The Morgan fingerprint density at radius 2 is 2.05 bits per heavy atom. The van der Waals surface area contributed by atoms with Crippen LogP contribution < -0.4 is 5.32 Å². The molecule has 1 atom stereocenters. The molecule has 1 fully saturated rings. The SMILES string of the molecule is C[C@](CO)(CNC(=O)CC1CC1)Cc1ccccc1. The summed E-state index contributed by atoms with van der Waals surface area (Å²) in [5.74, 6) is 0.727. The summed E-state index contributed by atoms with van der Waals surface area (Å²) in [6.45, 7) is 2.62. The summed E-state index contributed by atoms with van der Waals surface area (Å²) in [5, 5.41) is 12.6. The van der Waals surface area contributed by atoms with Crippen LogP contribution in [0.3, 0.4) is 0 Å². The number of carbonyl (C=O) groups is 1. The highest BCUT2D eigenvalue weighted by molar-refractivity contribution is 5.76. The van der Waals surface area contributed by atoms with Crippen molar-refractivity contribution in [1.29, 1.82) is 0 Å². The van der Waals surface area contributed by atoms with Crippen LogP contribution in [-0.4, -0.2) is 24.2 Å². The Kier molecular flexibility index (Phi) is 4.59. The molecule has 0 aromatic heterocycles. The Balaban J connectivity index is 1.84. The zero-order chi connectivity index (χ0) is 13.7. The largest absolute Gasteiger partial charge is 0.396 e. The summed E-state index contributed by atoms with van der Waals surface area (Å²) in [7, 11) is 0. The molecule has 0 aliphatic heterocycles. The molecule has 0 saturated heterocycles. The molecule has 0 unspecified atom stereocenters. The van der Waals surface area contributed by atoms with E-state index in [9.17, 15) is 9.90 Å². The fourth-order valence-corrected chi connectivity index (χ4v) is 2.23. The Labute approximate surface area is 115 Å². The van der Waals surface area contributed by atoms with E-state index in [0.29, 0.717) is 18.9 Å². The average molecular weight is 261 g/mol. The molecule has 1 aliphatic rings. The Morgan fingerprint density at radius 1 is 1.37 bits per heavy atom. The highest BCUT2D eigenvalue weighted by Crippen LogP contribution is 2.32. The van der Waals surface area contributed by atoms with Crippen LogP contribution in [0.5, 0.6) is 0 Å². The van der Waals surface area contributed by atoms with E-state index in [1.54, 1.807) is 0 Å². The zero-order valence-electron chi connectivity index (χ0n) is 11.6. The molecule has 0 radical (unpaired) electrons. The Bertz CT molecular complexity index is 414. The van der Waals surface area contributed by atoms with E-state index in [2.05, 4.69) is 17.4 Å². The lowest BCUT2D eigenvalue weighted by Crippen LogP contribution is -2.39. The van der Waals surface area contributed by atoms with Crippen molar-refractivity contribution in [2.75, 3.05) is 13.2 Å². The molecule has 0 bridgehead atoms. The normalized spacial score (nSPS) is 17.8. The van der Waals surface area contributed by atoms with Crippen LogP contribution in [0.25, 0.3) is 0 Å². The lowest BCUT2D eigenvalue weighted by molar-refractivity contribution is -0.122. The lowest BCUT2D eigenvalue weighted by Gasteiger charge is -2.27. The van der Waals surface area contributed by atoms with Crippen LogP contribution in [0, 0.1) is 11.3 Å². The van der Waals surface area contributed by atoms with Gasteiger partial charge in [0.1, 0.15) is 0 Å². The number of amides is 1. The predicted octanol–water partition coefficient (Wildman–Crippen LogP) is 2.14. The molecule has 104 valence electrons. The first-order chi connectivity index (χ1) is 9.11. The Morgan fingerprint density at radius 3 is 2.63 bits per heavy atom. The predicted molar refractivity (Wildman–Crippen MR) is 75.7 cm³/mol. The molecule has 1 aromatic carbocycles. The molecule has 3 heteroatoms. The Hall–Kier alpha value is -1.35. The smallest absolute Gasteiger partial charge is 0.220 e. The third-order valence-corrected chi connectivity index (χ3v) is 3.74. The van der Waals surface area contributed by atoms with E-state index in [1.807, 2.05) is 25.1 Å². The van der Waals surface area contributed by atoms with E-state index in [0.717, 1.165) is 6.42 Å². The van der Waals surface area contributed by atoms with Crippen LogP contribution in [0.1, 0.15) is 31.7 Å². The van der Waals surface area contributed by atoms with Crippen molar-refractivity contribution in [2.45, 2.75) is 32.6 Å². The standard InChI is InChI=1S/C16H23NO2/c1-16(12-18,10-14-5-3-2-4-6-14)11-17-15(19)9-13-7-8-13/h2-6,13,18H,7-12H2,1H3,(H,17,19)/t16-/m1/s1. The second kappa shape index (κ2) is 6.20. The van der Waals surface area contributed by atoms with Gasteiger partial charge in [-0.1, -0.05) is 37.3 Å². The van der Waals surface area contributed by atoms with Gasteiger partial charge in [-0.05, 0) is 30.7 Å². The van der Waals surface area contributed by atoms with Gasteiger partial charge in [-0.15, -0.1) is 0 Å². The second-order valence-corrected chi connectivity index (χ2v) is 6.06. The summed E-state index contributed by atoms with van der Waals surface area (Å²) in [6, 6.07) is 10.1.